The monoisotopic (exact) mass is 579 g/mol. The van der Waals surface area contributed by atoms with Crippen molar-refractivity contribution in [3.63, 3.8) is 0 Å². The van der Waals surface area contributed by atoms with Gasteiger partial charge >= 0.3 is 0 Å². The molecule has 0 saturated carbocycles. The van der Waals surface area contributed by atoms with Crippen LogP contribution in [0.25, 0.3) is 0 Å². The SMILES string of the molecule is C[C@@H](CCCCCC(C)(C)C)C(=O)N(C)CC(C)(C)CCC(C)(C)CCCCCC(C)(C)C(=O)N(C)CC(C)(C)C. The Labute approximate surface area is 258 Å². The Balaban J connectivity index is 4.47. The molecule has 1 atom stereocenters. The predicted octanol–water partition coefficient (Wildman–Crippen LogP) is 10.4. The van der Waals surface area contributed by atoms with Gasteiger partial charge in [0.05, 0.1) is 0 Å². The molecule has 2 amide bonds. The summed E-state index contributed by atoms with van der Waals surface area (Å²) in [4.78, 5) is 30.0. The Morgan fingerprint density at radius 1 is 0.537 bits per heavy atom. The number of carbonyl (C=O) groups excluding carboxylic acids is 2. The van der Waals surface area contributed by atoms with Gasteiger partial charge in [-0.3, -0.25) is 9.59 Å². The Bertz CT molecular complexity index is 767. The number of nitrogens with zero attached hydrogens (tertiary/aromatic N) is 2. The van der Waals surface area contributed by atoms with Gasteiger partial charge in [-0.15, -0.1) is 0 Å². The summed E-state index contributed by atoms with van der Waals surface area (Å²) in [5.41, 5.74) is 0.627. The molecule has 0 aromatic rings. The predicted molar refractivity (Wildman–Crippen MR) is 180 cm³/mol. The van der Waals surface area contributed by atoms with Crippen LogP contribution < -0.4 is 0 Å². The van der Waals surface area contributed by atoms with Gasteiger partial charge in [0.1, 0.15) is 0 Å². The minimum absolute atomic E-state index is 0.109. The van der Waals surface area contributed by atoms with Gasteiger partial charge < -0.3 is 9.80 Å². The topological polar surface area (TPSA) is 40.6 Å². The van der Waals surface area contributed by atoms with E-state index in [-0.39, 0.29) is 28.1 Å². The normalized spacial score (nSPS) is 14.2. The fourth-order valence-electron chi connectivity index (χ4n) is 6.14. The fraction of sp³-hybridized carbons (Fsp3) is 0.946. The molecule has 0 aliphatic carbocycles. The van der Waals surface area contributed by atoms with E-state index in [9.17, 15) is 9.59 Å². The maximum atomic E-state index is 13.1. The molecule has 0 saturated heterocycles. The van der Waals surface area contributed by atoms with Crippen molar-refractivity contribution in [3.8, 4) is 0 Å². The summed E-state index contributed by atoms with van der Waals surface area (Å²) in [5, 5.41) is 0. The molecule has 0 rings (SSSR count). The molecule has 41 heavy (non-hydrogen) atoms. The molecule has 0 N–H and O–H groups in total. The highest BCUT2D eigenvalue weighted by Crippen LogP contribution is 2.36. The first-order valence-electron chi connectivity index (χ1n) is 16.9. The summed E-state index contributed by atoms with van der Waals surface area (Å²) in [6.45, 7) is 30.8. The van der Waals surface area contributed by atoms with Gasteiger partial charge in [-0.05, 0) is 60.2 Å². The van der Waals surface area contributed by atoms with E-state index in [0.29, 0.717) is 16.7 Å². The molecule has 0 aromatic heterocycles. The zero-order valence-electron chi connectivity index (χ0n) is 30.7. The summed E-state index contributed by atoms with van der Waals surface area (Å²) in [6, 6.07) is 0. The van der Waals surface area contributed by atoms with Crippen LogP contribution in [0.4, 0.5) is 0 Å². The van der Waals surface area contributed by atoms with Crippen LogP contribution in [0.2, 0.25) is 0 Å². The molecule has 244 valence electrons. The molecular weight excluding hydrogens is 504 g/mol. The number of unbranched alkanes of at least 4 members (excludes halogenated alkanes) is 4. The number of hydrogen-bond donors (Lipinski definition) is 0. The first kappa shape index (κ1) is 39.9. The van der Waals surface area contributed by atoms with Gasteiger partial charge in [-0.2, -0.15) is 0 Å². The van der Waals surface area contributed by atoms with E-state index in [1.165, 1.54) is 44.9 Å². The largest absolute Gasteiger partial charge is 0.345 e. The highest BCUT2D eigenvalue weighted by Gasteiger charge is 2.32. The summed E-state index contributed by atoms with van der Waals surface area (Å²) in [5.74, 6) is 0.684. The van der Waals surface area contributed by atoms with E-state index in [4.69, 9.17) is 0 Å². The number of hydrogen-bond acceptors (Lipinski definition) is 2. The molecule has 0 aliphatic heterocycles. The van der Waals surface area contributed by atoms with Crippen molar-refractivity contribution in [2.24, 2.45) is 33.0 Å². The van der Waals surface area contributed by atoms with E-state index in [1.54, 1.807) is 0 Å². The van der Waals surface area contributed by atoms with Gasteiger partial charge in [0, 0.05) is 38.5 Å². The van der Waals surface area contributed by atoms with Crippen molar-refractivity contribution in [2.45, 2.75) is 167 Å². The molecule has 0 fully saturated rings. The van der Waals surface area contributed by atoms with Crippen LogP contribution in [0.3, 0.4) is 0 Å². The summed E-state index contributed by atoms with van der Waals surface area (Å²) in [7, 11) is 3.95. The molecule has 0 heterocycles. The van der Waals surface area contributed by atoms with Gasteiger partial charge in [0.25, 0.3) is 0 Å². The first-order chi connectivity index (χ1) is 18.4. The second-order valence-electron chi connectivity index (χ2n) is 18.3. The van der Waals surface area contributed by atoms with Gasteiger partial charge in [-0.25, -0.2) is 0 Å². The Kier molecular flexibility index (Phi) is 16.3. The van der Waals surface area contributed by atoms with Crippen molar-refractivity contribution >= 4 is 11.8 Å². The molecule has 4 nitrogen and oxygen atoms in total. The molecule has 0 spiro atoms. The van der Waals surface area contributed by atoms with Crippen LogP contribution >= 0.6 is 0 Å². The van der Waals surface area contributed by atoms with Crippen LogP contribution in [0.5, 0.6) is 0 Å². The fourth-order valence-corrected chi connectivity index (χ4v) is 6.14. The van der Waals surface area contributed by atoms with Crippen LogP contribution in [0.15, 0.2) is 0 Å². The third kappa shape index (κ3) is 19.0. The summed E-state index contributed by atoms with van der Waals surface area (Å²) < 4.78 is 0. The summed E-state index contributed by atoms with van der Waals surface area (Å²) in [6.07, 6.45) is 13.8. The molecule has 0 unspecified atom stereocenters. The van der Waals surface area contributed by atoms with Gasteiger partial charge in [-0.1, -0.05) is 129 Å². The van der Waals surface area contributed by atoms with Crippen LogP contribution in [0.1, 0.15) is 167 Å². The first-order valence-corrected chi connectivity index (χ1v) is 16.9. The molecule has 0 bridgehead atoms. The lowest BCUT2D eigenvalue weighted by Gasteiger charge is -2.35. The highest BCUT2D eigenvalue weighted by atomic mass is 16.2. The standard InChI is InChI=1S/C37H74N2O2/c1-30(22-18-16-19-23-33(2,3)4)31(40)38(14)29-36(10,11)27-26-35(8,9)24-20-17-21-25-37(12,13)32(41)39(15)28-34(5,6)7/h30H,16-29H2,1-15H3/t30-/m0/s1. The van der Waals surface area contributed by atoms with Crippen LogP contribution in [-0.2, 0) is 9.59 Å². The van der Waals surface area contributed by atoms with E-state index < -0.39 is 0 Å². The average Bonchev–Trinajstić information content (AvgIpc) is 2.79. The smallest absolute Gasteiger partial charge is 0.227 e. The third-order valence-corrected chi connectivity index (χ3v) is 8.80. The zero-order valence-corrected chi connectivity index (χ0v) is 30.7. The van der Waals surface area contributed by atoms with E-state index in [1.807, 2.05) is 23.9 Å². The maximum Gasteiger partial charge on any atom is 0.227 e. The van der Waals surface area contributed by atoms with Crippen molar-refractivity contribution in [3.05, 3.63) is 0 Å². The molecule has 0 aliphatic rings. The lowest BCUT2D eigenvalue weighted by atomic mass is 9.76. The van der Waals surface area contributed by atoms with Crippen LogP contribution in [0, 0.1) is 33.0 Å². The molecular formula is C37H74N2O2. The minimum Gasteiger partial charge on any atom is -0.345 e. The quantitative estimate of drug-likeness (QED) is 0.143. The molecule has 4 heteroatoms. The van der Waals surface area contributed by atoms with Crippen molar-refractivity contribution in [2.75, 3.05) is 27.2 Å². The second-order valence-corrected chi connectivity index (χ2v) is 18.3. The van der Waals surface area contributed by atoms with Crippen LogP contribution in [-0.4, -0.2) is 48.8 Å². The lowest BCUT2D eigenvalue weighted by molar-refractivity contribution is -0.140. The molecule has 0 aromatic carbocycles. The lowest BCUT2D eigenvalue weighted by Crippen LogP contribution is -2.42. The van der Waals surface area contributed by atoms with E-state index in [2.05, 4.69) is 90.0 Å². The van der Waals surface area contributed by atoms with Gasteiger partial charge in [0.2, 0.25) is 11.8 Å². The van der Waals surface area contributed by atoms with Crippen molar-refractivity contribution in [1.29, 1.82) is 0 Å². The Hall–Kier alpha value is -1.06. The number of rotatable bonds is 19. The average molecular weight is 579 g/mol. The Morgan fingerprint density at radius 3 is 1.56 bits per heavy atom. The highest BCUT2D eigenvalue weighted by molar-refractivity contribution is 5.81. The number of amides is 2. The van der Waals surface area contributed by atoms with E-state index >= 15 is 0 Å². The summed E-state index contributed by atoms with van der Waals surface area (Å²) >= 11 is 0. The zero-order chi connectivity index (χ0) is 32.3. The van der Waals surface area contributed by atoms with Crippen molar-refractivity contribution < 1.29 is 9.59 Å². The second kappa shape index (κ2) is 16.7. The maximum absolute atomic E-state index is 13.1. The Morgan fingerprint density at radius 2 is 1.02 bits per heavy atom. The minimum atomic E-state index is -0.299. The van der Waals surface area contributed by atoms with Crippen molar-refractivity contribution in [1.82, 2.24) is 9.80 Å². The van der Waals surface area contributed by atoms with Gasteiger partial charge in [0.15, 0.2) is 0 Å². The number of carbonyl (C=O) groups is 2. The molecule has 0 radical (unpaired) electrons. The third-order valence-electron chi connectivity index (χ3n) is 8.80. The van der Waals surface area contributed by atoms with E-state index in [0.717, 1.165) is 45.2 Å².